The number of nitrogens with one attached hydrogen (secondary N) is 1. The molecule has 0 aliphatic carbocycles. The second kappa shape index (κ2) is 9.43. The van der Waals surface area contributed by atoms with Gasteiger partial charge in [-0.1, -0.05) is 0 Å². The minimum atomic E-state index is -3.65. The number of aryl methyl sites for hydroxylation is 1. The molecule has 158 valence electrons. The molecule has 1 fully saturated rings. The zero-order valence-electron chi connectivity index (χ0n) is 16.6. The molecule has 0 atom stereocenters. The highest BCUT2D eigenvalue weighted by atomic mass is 32.2. The predicted molar refractivity (Wildman–Crippen MR) is 107 cm³/mol. The number of benzene rings is 1. The molecular weight excluding hydrogens is 396 g/mol. The predicted octanol–water partition coefficient (Wildman–Crippen LogP) is 2.20. The van der Waals surface area contributed by atoms with Crippen molar-refractivity contribution in [2.45, 2.75) is 30.7 Å². The molecule has 3 rings (SSSR count). The molecule has 1 saturated heterocycles. The molecule has 1 aliphatic heterocycles. The number of likely N-dealkylation sites (tertiary alicyclic amines) is 1. The number of hydrogen-bond donors (Lipinski definition) is 1. The van der Waals surface area contributed by atoms with Crippen LogP contribution in [0, 0.1) is 6.92 Å². The SMILES string of the molecule is COCCOc1ccc(S(=O)(=O)NC2CCN(C(=O)c3ccoc3)CC2)cc1C. The van der Waals surface area contributed by atoms with Crippen LogP contribution >= 0.6 is 0 Å². The van der Waals surface area contributed by atoms with E-state index in [0.29, 0.717) is 50.5 Å². The van der Waals surface area contributed by atoms with Crippen molar-refractivity contribution >= 4 is 15.9 Å². The summed E-state index contributed by atoms with van der Waals surface area (Å²) in [6.07, 6.45) is 3.99. The standard InChI is InChI=1S/C20H26N2O6S/c1-15-13-18(3-4-19(15)28-12-11-26-2)29(24,25)21-17-5-8-22(9-6-17)20(23)16-7-10-27-14-16/h3-4,7,10,13-14,17,21H,5-6,8-9,11-12H2,1-2H3. The number of sulfonamides is 1. The molecule has 9 heteroatoms. The van der Waals surface area contributed by atoms with Crippen molar-refractivity contribution in [1.29, 1.82) is 0 Å². The highest BCUT2D eigenvalue weighted by Crippen LogP contribution is 2.23. The first-order valence-corrected chi connectivity index (χ1v) is 10.9. The monoisotopic (exact) mass is 422 g/mol. The first kappa shape index (κ1) is 21.4. The Hall–Kier alpha value is -2.36. The number of hydrogen-bond acceptors (Lipinski definition) is 6. The van der Waals surface area contributed by atoms with Crippen LogP contribution in [0.1, 0.15) is 28.8 Å². The molecule has 8 nitrogen and oxygen atoms in total. The van der Waals surface area contributed by atoms with Crippen LogP contribution in [0.2, 0.25) is 0 Å². The lowest BCUT2D eigenvalue weighted by Gasteiger charge is -2.32. The highest BCUT2D eigenvalue weighted by Gasteiger charge is 2.27. The Morgan fingerprint density at radius 3 is 2.62 bits per heavy atom. The molecule has 1 aromatic carbocycles. The van der Waals surface area contributed by atoms with E-state index in [0.717, 1.165) is 5.56 Å². The van der Waals surface area contributed by atoms with Gasteiger partial charge in [-0.15, -0.1) is 0 Å². The van der Waals surface area contributed by atoms with Crippen LogP contribution in [0.3, 0.4) is 0 Å². The van der Waals surface area contributed by atoms with E-state index in [1.807, 2.05) is 0 Å². The minimum absolute atomic E-state index is 0.0975. The van der Waals surface area contributed by atoms with Gasteiger partial charge >= 0.3 is 0 Å². The van der Waals surface area contributed by atoms with Gasteiger partial charge in [-0.05, 0) is 49.6 Å². The maximum atomic E-state index is 12.8. The van der Waals surface area contributed by atoms with Gasteiger partial charge in [0.1, 0.15) is 18.6 Å². The maximum absolute atomic E-state index is 12.8. The topological polar surface area (TPSA) is 98.1 Å². The van der Waals surface area contributed by atoms with Crippen molar-refractivity contribution in [3.05, 3.63) is 47.9 Å². The Balaban J connectivity index is 1.57. The number of amides is 1. The number of furan rings is 1. The number of methoxy groups -OCH3 is 1. The zero-order chi connectivity index (χ0) is 20.9. The summed E-state index contributed by atoms with van der Waals surface area (Å²) in [5.41, 5.74) is 1.25. The summed E-state index contributed by atoms with van der Waals surface area (Å²) >= 11 is 0. The van der Waals surface area contributed by atoms with Crippen molar-refractivity contribution in [2.24, 2.45) is 0 Å². The Morgan fingerprint density at radius 2 is 2.00 bits per heavy atom. The summed E-state index contributed by atoms with van der Waals surface area (Å²) in [7, 11) is -2.06. The van der Waals surface area contributed by atoms with Gasteiger partial charge in [0, 0.05) is 26.2 Å². The first-order chi connectivity index (χ1) is 13.9. The molecule has 1 amide bonds. The fraction of sp³-hybridized carbons (Fsp3) is 0.450. The molecule has 29 heavy (non-hydrogen) atoms. The van der Waals surface area contributed by atoms with Crippen LogP contribution < -0.4 is 9.46 Å². The third kappa shape index (κ3) is 5.37. The molecule has 2 heterocycles. The van der Waals surface area contributed by atoms with E-state index >= 15 is 0 Å². The van der Waals surface area contributed by atoms with Crippen LogP contribution in [0.4, 0.5) is 0 Å². The number of ether oxygens (including phenoxy) is 2. The lowest BCUT2D eigenvalue weighted by atomic mass is 10.1. The molecular formula is C20H26N2O6S. The van der Waals surface area contributed by atoms with Gasteiger partial charge in [-0.3, -0.25) is 4.79 Å². The fourth-order valence-electron chi connectivity index (χ4n) is 3.24. The van der Waals surface area contributed by atoms with Crippen LogP contribution in [0.15, 0.2) is 46.1 Å². The zero-order valence-corrected chi connectivity index (χ0v) is 17.4. The van der Waals surface area contributed by atoms with Gasteiger partial charge in [0.25, 0.3) is 5.91 Å². The molecule has 0 spiro atoms. The van der Waals surface area contributed by atoms with Crippen LogP contribution in [-0.4, -0.2) is 58.7 Å². The van der Waals surface area contributed by atoms with Crippen molar-refractivity contribution in [3.8, 4) is 5.75 Å². The Bertz CT molecular complexity index is 918. The van der Waals surface area contributed by atoms with Gasteiger partial charge in [-0.2, -0.15) is 0 Å². The van der Waals surface area contributed by atoms with E-state index in [4.69, 9.17) is 13.9 Å². The van der Waals surface area contributed by atoms with Crippen LogP contribution in [0.25, 0.3) is 0 Å². The first-order valence-electron chi connectivity index (χ1n) is 9.47. The summed E-state index contributed by atoms with van der Waals surface area (Å²) in [6.45, 7) is 3.65. The Labute approximate surface area is 170 Å². The summed E-state index contributed by atoms with van der Waals surface area (Å²) in [4.78, 5) is 14.3. The van der Waals surface area contributed by atoms with Crippen LogP contribution in [0.5, 0.6) is 5.75 Å². The third-order valence-corrected chi connectivity index (χ3v) is 6.39. The molecule has 0 saturated carbocycles. The van der Waals surface area contributed by atoms with Gasteiger partial charge < -0.3 is 18.8 Å². The maximum Gasteiger partial charge on any atom is 0.257 e. The second-order valence-corrected chi connectivity index (χ2v) is 8.68. The van der Waals surface area contributed by atoms with Gasteiger partial charge in [0.15, 0.2) is 0 Å². The van der Waals surface area contributed by atoms with Crippen molar-refractivity contribution in [3.63, 3.8) is 0 Å². The largest absolute Gasteiger partial charge is 0.491 e. The fourth-order valence-corrected chi connectivity index (χ4v) is 4.63. The molecule has 1 aliphatic rings. The lowest BCUT2D eigenvalue weighted by molar-refractivity contribution is 0.0710. The molecule has 1 aromatic heterocycles. The quantitative estimate of drug-likeness (QED) is 0.655. The molecule has 0 bridgehead atoms. The summed E-state index contributed by atoms with van der Waals surface area (Å²) < 4.78 is 43.8. The van der Waals surface area contributed by atoms with Gasteiger partial charge in [0.05, 0.1) is 23.3 Å². The molecule has 0 unspecified atom stereocenters. The number of carbonyl (C=O) groups is 1. The number of nitrogens with zero attached hydrogens (tertiary/aromatic N) is 1. The second-order valence-electron chi connectivity index (χ2n) is 6.97. The van der Waals surface area contributed by atoms with E-state index in [1.165, 1.54) is 18.6 Å². The van der Waals surface area contributed by atoms with E-state index in [-0.39, 0.29) is 16.8 Å². The van der Waals surface area contributed by atoms with E-state index in [2.05, 4.69) is 4.72 Å². The average molecular weight is 423 g/mol. The van der Waals surface area contributed by atoms with Crippen molar-refractivity contribution in [2.75, 3.05) is 33.4 Å². The van der Waals surface area contributed by atoms with Crippen molar-refractivity contribution in [1.82, 2.24) is 9.62 Å². The number of piperidine rings is 1. The number of carbonyl (C=O) groups excluding carboxylic acids is 1. The smallest absolute Gasteiger partial charge is 0.257 e. The molecule has 1 N–H and O–H groups in total. The van der Waals surface area contributed by atoms with E-state index in [1.54, 1.807) is 37.1 Å². The highest BCUT2D eigenvalue weighted by molar-refractivity contribution is 7.89. The van der Waals surface area contributed by atoms with E-state index in [9.17, 15) is 13.2 Å². The summed E-state index contributed by atoms with van der Waals surface area (Å²) in [6, 6.07) is 6.21. The third-order valence-electron chi connectivity index (χ3n) is 4.87. The Kier molecular flexibility index (Phi) is 6.94. The normalized spacial score (nSPS) is 15.4. The number of rotatable bonds is 8. The minimum Gasteiger partial charge on any atom is -0.491 e. The summed E-state index contributed by atoms with van der Waals surface area (Å²) in [5, 5.41) is 0. The van der Waals surface area contributed by atoms with Crippen LogP contribution in [-0.2, 0) is 14.8 Å². The lowest BCUT2D eigenvalue weighted by Crippen LogP contribution is -2.46. The Morgan fingerprint density at radius 1 is 1.24 bits per heavy atom. The molecule has 2 aromatic rings. The van der Waals surface area contributed by atoms with Crippen molar-refractivity contribution < 1.29 is 27.1 Å². The van der Waals surface area contributed by atoms with Gasteiger partial charge in [-0.25, -0.2) is 13.1 Å². The van der Waals surface area contributed by atoms with Gasteiger partial charge in [0.2, 0.25) is 10.0 Å². The molecule has 0 radical (unpaired) electrons. The summed E-state index contributed by atoms with van der Waals surface area (Å²) in [5.74, 6) is 0.534. The van der Waals surface area contributed by atoms with E-state index < -0.39 is 10.0 Å². The average Bonchev–Trinajstić information content (AvgIpc) is 3.24.